The molecule has 0 aliphatic rings. The topological polar surface area (TPSA) is 17.1 Å². The molecule has 0 aromatic heterocycles. The number of rotatable bonds is 5. The van der Waals surface area contributed by atoms with Crippen molar-refractivity contribution in [1.29, 1.82) is 0 Å². The number of carbonyl (C=O) groups is 1. The molecule has 0 radical (unpaired) electrons. The smallest absolute Gasteiger partial charge is 0.167 e. The molecule has 0 saturated carbocycles. The Labute approximate surface area is 147 Å². The highest BCUT2D eigenvalue weighted by Gasteiger charge is 2.11. The molecule has 0 aliphatic heterocycles. The molecule has 0 bridgehead atoms. The van der Waals surface area contributed by atoms with E-state index in [1.807, 2.05) is 36.4 Å². The van der Waals surface area contributed by atoms with E-state index in [0.717, 1.165) is 11.1 Å². The maximum absolute atomic E-state index is 12.5. The fraction of sp³-hybridized carbons (Fsp3) is 0.136. The van der Waals surface area contributed by atoms with Crippen molar-refractivity contribution in [3.63, 3.8) is 0 Å². The van der Waals surface area contributed by atoms with E-state index in [4.69, 9.17) is 0 Å². The predicted molar refractivity (Wildman–Crippen MR) is 103 cm³/mol. The average molecular weight is 332 g/mol. The van der Waals surface area contributed by atoms with Gasteiger partial charge in [-0.3, -0.25) is 4.79 Å². The van der Waals surface area contributed by atoms with Crippen LogP contribution >= 0.6 is 11.8 Å². The van der Waals surface area contributed by atoms with Gasteiger partial charge in [0.05, 0.1) is 0 Å². The van der Waals surface area contributed by atoms with Gasteiger partial charge in [0.25, 0.3) is 0 Å². The van der Waals surface area contributed by atoms with Gasteiger partial charge in [0.1, 0.15) is 0 Å². The maximum atomic E-state index is 12.5. The van der Waals surface area contributed by atoms with Gasteiger partial charge in [-0.05, 0) is 47.6 Å². The minimum atomic E-state index is 0.161. The monoisotopic (exact) mass is 332 g/mol. The van der Waals surface area contributed by atoms with Crippen molar-refractivity contribution in [2.24, 2.45) is 0 Å². The van der Waals surface area contributed by atoms with Gasteiger partial charge in [-0.15, -0.1) is 11.8 Å². The first-order chi connectivity index (χ1) is 11.7. The Morgan fingerprint density at radius 2 is 1.58 bits per heavy atom. The minimum absolute atomic E-state index is 0.161. The summed E-state index contributed by atoms with van der Waals surface area (Å²) in [6.45, 7) is 2.10. The summed E-state index contributed by atoms with van der Waals surface area (Å²) in [7, 11) is 0. The summed E-state index contributed by atoms with van der Waals surface area (Å²) in [5, 5.41) is 0. The molecule has 0 saturated heterocycles. The van der Waals surface area contributed by atoms with Gasteiger partial charge in [0, 0.05) is 16.9 Å². The van der Waals surface area contributed by atoms with Gasteiger partial charge in [-0.2, -0.15) is 0 Å². The van der Waals surface area contributed by atoms with Crippen LogP contribution in [0.15, 0.2) is 77.7 Å². The van der Waals surface area contributed by atoms with E-state index in [1.54, 1.807) is 11.8 Å². The van der Waals surface area contributed by atoms with Crippen molar-refractivity contribution in [1.82, 2.24) is 0 Å². The number of Topliss-reactive ketones (excluding diaryl/α,β-unsaturated/α-hetero) is 1. The van der Waals surface area contributed by atoms with Crippen molar-refractivity contribution in [2.45, 2.75) is 18.2 Å². The van der Waals surface area contributed by atoms with E-state index >= 15 is 0 Å². The first kappa shape index (κ1) is 16.5. The molecule has 0 aliphatic carbocycles. The molecule has 24 heavy (non-hydrogen) atoms. The summed E-state index contributed by atoms with van der Waals surface area (Å²) >= 11 is 1.74. The first-order valence-electron chi connectivity index (χ1n) is 8.00. The third-order valence-corrected chi connectivity index (χ3v) is 5.04. The summed E-state index contributed by atoms with van der Waals surface area (Å²) in [6.07, 6.45) is 2.52. The summed E-state index contributed by atoms with van der Waals surface area (Å²) < 4.78 is 0. The van der Waals surface area contributed by atoms with Crippen LogP contribution in [0.4, 0.5) is 0 Å². The zero-order chi connectivity index (χ0) is 16.9. The Morgan fingerprint density at radius 1 is 0.875 bits per heavy atom. The van der Waals surface area contributed by atoms with Gasteiger partial charge in [0.15, 0.2) is 5.78 Å². The van der Waals surface area contributed by atoms with E-state index in [2.05, 4.69) is 49.6 Å². The largest absolute Gasteiger partial charge is 0.294 e. The summed E-state index contributed by atoms with van der Waals surface area (Å²) in [5.41, 5.74) is 5.43. The van der Waals surface area contributed by atoms with E-state index < -0.39 is 0 Å². The van der Waals surface area contributed by atoms with Gasteiger partial charge >= 0.3 is 0 Å². The zero-order valence-electron chi connectivity index (χ0n) is 14.0. The molecule has 0 heterocycles. The molecule has 0 unspecified atom stereocenters. The summed E-state index contributed by atoms with van der Waals surface area (Å²) in [4.78, 5) is 13.8. The number of ketones is 1. The van der Waals surface area contributed by atoms with E-state index in [9.17, 15) is 4.79 Å². The van der Waals surface area contributed by atoms with Crippen LogP contribution in [0.3, 0.4) is 0 Å². The van der Waals surface area contributed by atoms with Crippen LogP contribution in [0.1, 0.15) is 21.5 Å². The number of benzene rings is 3. The van der Waals surface area contributed by atoms with Crippen LogP contribution in [0.25, 0.3) is 11.1 Å². The quantitative estimate of drug-likeness (QED) is 0.433. The lowest BCUT2D eigenvalue weighted by molar-refractivity contribution is 0.0993. The Bertz CT molecular complexity index is 836. The van der Waals surface area contributed by atoms with Crippen molar-refractivity contribution in [3.8, 4) is 11.1 Å². The summed E-state index contributed by atoms with van der Waals surface area (Å²) in [6, 6.07) is 24.3. The molecule has 0 atom stereocenters. The molecule has 0 fully saturated rings. The van der Waals surface area contributed by atoms with Crippen LogP contribution in [0.5, 0.6) is 0 Å². The highest BCUT2D eigenvalue weighted by Crippen LogP contribution is 2.28. The lowest BCUT2D eigenvalue weighted by Crippen LogP contribution is -2.05. The molecule has 3 aromatic carbocycles. The van der Waals surface area contributed by atoms with Crippen LogP contribution in [-0.4, -0.2) is 12.0 Å². The molecule has 2 heteroatoms. The molecule has 0 amide bonds. The highest BCUT2D eigenvalue weighted by atomic mass is 32.2. The van der Waals surface area contributed by atoms with Gasteiger partial charge in [0.2, 0.25) is 0 Å². The molecular formula is C22H20OS. The molecule has 0 N–H and O–H groups in total. The molecule has 120 valence electrons. The highest BCUT2D eigenvalue weighted by molar-refractivity contribution is 7.98. The fourth-order valence-electron chi connectivity index (χ4n) is 2.86. The Hall–Kier alpha value is -2.32. The SMILES string of the molecule is CSc1ccc(-c2cccc(CC(=O)c3ccccc3)c2C)cc1. The van der Waals surface area contributed by atoms with Crippen molar-refractivity contribution in [2.75, 3.05) is 6.26 Å². The van der Waals surface area contributed by atoms with Crippen LogP contribution in [0.2, 0.25) is 0 Å². The number of hydrogen-bond donors (Lipinski definition) is 0. The number of carbonyl (C=O) groups excluding carboxylic acids is 1. The van der Waals surface area contributed by atoms with Crippen LogP contribution in [-0.2, 0) is 6.42 Å². The fourth-order valence-corrected chi connectivity index (χ4v) is 3.27. The van der Waals surface area contributed by atoms with Crippen molar-refractivity contribution in [3.05, 3.63) is 89.5 Å². The second-order valence-electron chi connectivity index (χ2n) is 5.78. The Balaban J connectivity index is 1.89. The Morgan fingerprint density at radius 3 is 2.25 bits per heavy atom. The predicted octanol–water partition coefficient (Wildman–Crippen LogP) is 5.81. The minimum Gasteiger partial charge on any atom is -0.294 e. The van der Waals surface area contributed by atoms with E-state index in [1.165, 1.54) is 21.6 Å². The van der Waals surface area contributed by atoms with Crippen LogP contribution in [0, 0.1) is 6.92 Å². The third kappa shape index (κ3) is 3.60. The van der Waals surface area contributed by atoms with Gasteiger partial charge in [-0.1, -0.05) is 60.7 Å². The lowest BCUT2D eigenvalue weighted by atomic mass is 9.93. The molecule has 1 nitrogen and oxygen atoms in total. The van der Waals surface area contributed by atoms with Gasteiger partial charge in [-0.25, -0.2) is 0 Å². The molecular weight excluding hydrogens is 312 g/mol. The summed E-state index contributed by atoms with van der Waals surface area (Å²) in [5.74, 6) is 0.161. The molecule has 3 aromatic rings. The zero-order valence-corrected chi connectivity index (χ0v) is 14.8. The number of hydrogen-bond acceptors (Lipinski definition) is 2. The van der Waals surface area contributed by atoms with Crippen molar-refractivity contribution < 1.29 is 4.79 Å². The van der Waals surface area contributed by atoms with E-state index in [-0.39, 0.29) is 5.78 Å². The second-order valence-corrected chi connectivity index (χ2v) is 6.66. The normalized spacial score (nSPS) is 10.6. The van der Waals surface area contributed by atoms with Crippen molar-refractivity contribution >= 4 is 17.5 Å². The lowest BCUT2D eigenvalue weighted by Gasteiger charge is -2.12. The molecule has 3 rings (SSSR count). The maximum Gasteiger partial charge on any atom is 0.167 e. The average Bonchev–Trinajstić information content (AvgIpc) is 2.64. The third-order valence-electron chi connectivity index (χ3n) is 4.29. The van der Waals surface area contributed by atoms with Crippen LogP contribution < -0.4 is 0 Å². The standard InChI is InChI=1S/C22H20OS/c1-16-19(15-22(23)18-7-4-3-5-8-18)9-6-10-21(16)17-11-13-20(24-2)14-12-17/h3-14H,15H2,1-2H3. The van der Waals surface area contributed by atoms with Gasteiger partial charge < -0.3 is 0 Å². The van der Waals surface area contributed by atoms with E-state index in [0.29, 0.717) is 6.42 Å². The Kier molecular flexibility index (Phi) is 5.17. The number of thioether (sulfide) groups is 1. The first-order valence-corrected chi connectivity index (χ1v) is 9.22. The molecule has 0 spiro atoms. The second kappa shape index (κ2) is 7.50.